The quantitative estimate of drug-likeness (QED) is 0.808. The number of Topliss-reactive ketones (excluding diaryl/α,β-unsaturated/α-hetero) is 1. The molecule has 0 spiro atoms. The van der Waals surface area contributed by atoms with E-state index in [2.05, 4.69) is 4.98 Å². The van der Waals surface area contributed by atoms with Crippen LogP contribution >= 0.6 is 0 Å². The number of hydrogen-bond donors (Lipinski definition) is 0. The standard InChI is InChI=1S/C12H16N2O3S/c1-12(2)9-10(15)6-8-14(12)18(16,17)11-5-3-4-7-13-11/h3-5,7H,6,8-9H2,1-2H3. The largest absolute Gasteiger partial charge is 0.300 e. The van der Waals surface area contributed by atoms with Crippen molar-refractivity contribution in [1.29, 1.82) is 0 Å². The Kier molecular flexibility index (Phi) is 3.25. The molecule has 1 fully saturated rings. The fourth-order valence-corrected chi connectivity index (χ4v) is 3.96. The van der Waals surface area contributed by atoms with Crippen LogP contribution < -0.4 is 0 Å². The van der Waals surface area contributed by atoms with Crippen LogP contribution in [0.1, 0.15) is 26.7 Å². The third kappa shape index (κ3) is 2.30. The van der Waals surface area contributed by atoms with Crippen LogP contribution in [0.25, 0.3) is 0 Å². The van der Waals surface area contributed by atoms with Crippen LogP contribution in [0.4, 0.5) is 0 Å². The molecule has 1 aliphatic heterocycles. The molecule has 0 atom stereocenters. The Morgan fingerprint density at radius 1 is 1.33 bits per heavy atom. The predicted octanol–water partition coefficient (Wildman–Crippen LogP) is 1.21. The molecule has 98 valence electrons. The lowest BCUT2D eigenvalue weighted by Crippen LogP contribution is -2.53. The lowest BCUT2D eigenvalue weighted by atomic mass is 9.92. The highest BCUT2D eigenvalue weighted by molar-refractivity contribution is 7.89. The minimum absolute atomic E-state index is 0.0347. The summed E-state index contributed by atoms with van der Waals surface area (Å²) in [6.07, 6.45) is 1.98. The van der Waals surface area contributed by atoms with E-state index in [1.54, 1.807) is 26.0 Å². The molecule has 6 heteroatoms. The normalized spacial score (nSPS) is 20.9. The highest BCUT2D eigenvalue weighted by Gasteiger charge is 2.42. The van der Waals surface area contributed by atoms with Crippen LogP contribution in [0, 0.1) is 0 Å². The van der Waals surface area contributed by atoms with E-state index in [-0.39, 0.29) is 30.2 Å². The van der Waals surface area contributed by atoms with Crippen molar-refractivity contribution in [2.45, 2.75) is 37.3 Å². The maximum atomic E-state index is 12.5. The molecule has 0 radical (unpaired) electrons. The molecular formula is C12H16N2O3S. The van der Waals surface area contributed by atoms with Crippen molar-refractivity contribution in [2.75, 3.05) is 6.54 Å². The molecule has 2 rings (SSSR count). The van der Waals surface area contributed by atoms with Crippen LogP contribution in [0.5, 0.6) is 0 Å². The number of sulfonamides is 1. The Labute approximate surface area is 107 Å². The van der Waals surface area contributed by atoms with E-state index in [1.165, 1.54) is 16.6 Å². The number of carbonyl (C=O) groups is 1. The second-order valence-electron chi connectivity index (χ2n) is 5.02. The molecule has 1 aliphatic rings. The smallest absolute Gasteiger partial charge is 0.261 e. The van der Waals surface area contributed by atoms with Gasteiger partial charge in [-0.25, -0.2) is 13.4 Å². The van der Waals surface area contributed by atoms with Crippen molar-refractivity contribution in [3.63, 3.8) is 0 Å². The van der Waals surface area contributed by atoms with E-state index in [9.17, 15) is 13.2 Å². The minimum atomic E-state index is -3.62. The first-order valence-electron chi connectivity index (χ1n) is 5.80. The van der Waals surface area contributed by atoms with Crippen molar-refractivity contribution in [3.05, 3.63) is 24.4 Å². The minimum Gasteiger partial charge on any atom is -0.300 e. The molecular weight excluding hydrogens is 252 g/mol. The number of hydrogen-bond acceptors (Lipinski definition) is 4. The first kappa shape index (κ1) is 13.2. The van der Waals surface area contributed by atoms with E-state index >= 15 is 0 Å². The summed E-state index contributed by atoms with van der Waals surface area (Å²) in [6.45, 7) is 3.76. The van der Waals surface area contributed by atoms with Gasteiger partial charge in [-0.05, 0) is 26.0 Å². The molecule has 0 amide bonds. The Hall–Kier alpha value is -1.27. The number of ketones is 1. The van der Waals surface area contributed by atoms with Crippen molar-refractivity contribution in [1.82, 2.24) is 9.29 Å². The molecule has 0 bridgehead atoms. The molecule has 0 saturated carbocycles. The molecule has 5 nitrogen and oxygen atoms in total. The molecule has 0 aliphatic carbocycles. The van der Waals surface area contributed by atoms with E-state index in [0.717, 1.165) is 0 Å². The molecule has 0 unspecified atom stereocenters. The van der Waals surface area contributed by atoms with Crippen molar-refractivity contribution in [3.8, 4) is 0 Å². The van der Waals surface area contributed by atoms with Crippen LogP contribution in [-0.2, 0) is 14.8 Å². The summed E-state index contributed by atoms with van der Waals surface area (Å²) >= 11 is 0. The van der Waals surface area contributed by atoms with Gasteiger partial charge in [-0.1, -0.05) is 6.07 Å². The first-order chi connectivity index (χ1) is 8.34. The van der Waals surface area contributed by atoms with Gasteiger partial charge in [0.1, 0.15) is 5.78 Å². The van der Waals surface area contributed by atoms with Crippen molar-refractivity contribution >= 4 is 15.8 Å². The van der Waals surface area contributed by atoms with E-state index in [4.69, 9.17) is 0 Å². The number of nitrogens with zero attached hydrogens (tertiary/aromatic N) is 2. The predicted molar refractivity (Wildman–Crippen MR) is 66.4 cm³/mol. The Morgan fingerprint density at radius 2 is 2.06 bits per heavy atom. The van der Waals surface area contributed by atoms with Crippen LogP contribution in [0.15, 0.2) is 29.4 Å². The van der Waals surface area contributed by atoms with Gasteiger partial charge >= 0.3 is 0 Å². The molecule has 1 aromatic heterocycles. The third-order valence-electron chi connectivity index (χ3n) is 3.09. The average molecular weight is 268 g/mol. The fraction of sp³-hybridized carbons (Fsp3) is 0.500. The first-order valence-corrected chi connectivity index (χ1v) is 7.24. The monoisotopic (exact) mass is 268 g/mol. The lowest BCUT2D eigenvalue weighted by Gasteiger charge is -2.40. The summed E-state index contributed by atoms with van der Waals surface area (Å²) < 4.78 is 26.3. The van der Waals surface area contributed by atoms with Crippen LogP contribution in [0.3, 0.4) is 0 Å². The van der Waals surface area contributed by atoms with E-state index in [0.29, 0.717) is 0 Å². The van der Waals surface area contributed by atoms with Crippen molar-refractivity contribution in [2.24, 2.45) is 0 Å². The van der Waals surface area contributed by atoms with Gasteiger partial charge < -0.3 is 0 Å². The lowest BCUT2D eigenvalue weighted by molar-refractivity contribution is -0.123. The summed E-state index contributed by atoms with van der Waals surface area (Å²) in [4.78, 5) is 15.3. The van der Waals surface area contributed by atoms with Gasteiger partial charge in [-0.3, -0.25) is 4.79 Å². The summed E-state index contributed by atoms with van der Waals surface area (Å²) in [5, 5.41) is 0.0347. The molecule has 0 N–H and O–H groups in total. The van der Waals surface area contributed by atoms with E-state index < -0.39 is 15.6 Å². The van der Waals surface area contributed by atoms with E-state index in [1.807, 2.05) is 0 Å². The van der Waals surface area contributed by atoms with Gasteiger partial charge in [0.2, 0.25) is 0 Å². The maximum Gasteiger partial charge on any atom is 0.261 e. The van der Waals surface area contributed by atoms with Crippen molar-refractivity contribution < 1.29 is 13.2 Å². The number of piperidine rings is 1. The third-order valence-corrected chi connectivity index (χ3v) is 5.12. The average Bonchev–Trinajstić information content (AvgIpc) is 2.28. The molecule has 2 heterocycles. The van der Waals surface area contributed by atoms with Gasteiger partial charge in [0.15, 0.2) is 5.03 Å². The number of aromatic nitrogens is 1. The molecule has 18 heavy (non-hydrogen) atoms. The number of pyridine rings is 1. The summed E-state index contributed by atoms with van der Waals surface area (Å²) in [5.74, 6) is 0.104. The fourth-order valence-electron chi connectivity index (χ4n) is 2.25. The second kappa shape index (κ2) is 4.44. The summed E-state index contributed by atoms with van der Waals surface area (Å²) in [6, 6.07) is 4.79. The Bertz CT molecular complexity index is 552. The highest BCUT2D eigenvalue weighted by atomic mass is 32.2. The second-order valence-corrected chi connectivity index (χ2v) is 6.83. The molecule has 1 saturated heterocycles. The molecule has 1 aromatic rings. The highest BCUT2D eigenvalue weighted by Crippen LogP contribution is 2.30. The Balaban J connectivity index is 2.39. The van der Waals surface area contributed by atoms with Gasteiger partial charge in [0, 0.05) is 31.1 Å². The summed E-state index contributed by atoms with van der Waals surface area (Å²) in [5.41, 5.74) is -0.689. The Morgan fingerprint density at radius 3 is 2.61 bits per heavy atom. The van der Waals surface area contributed by atoms with Crippen LogP contribution in [-0.4, -0.2) is 35.6 Å². The van der Waals surface area contributed by atoms with Gasteiger partial charge in [0.25, 0.3) is 10.0 Å². The van der Waals surface area contributed by atoms with Gasteiger partial charge in [-0.15, -0.1) is 0 Å². The van der Waals surface area contributed by atoms with Gasteiger partial charge in [0.05, 0.1) is 0 Å². The zero-order valence-corrected chi connectivity index (χ0v) is 11.3. The number of carbonyl (C=O) groups excluding carboxylic acids is 1. The zero-order valence-electron chi connectivity index (χ0n) is 10.5. The van der Waals surface area contributed by atoms with Crippen LogP contribution in [0.2, 0.25) is 0 Å². The maximum absolute atomic E-state index is 12.5. The SMILES string of the molecule is CC1(C)CC(=O)CCN1S(=O)(=O)c1ccccn1. The topological polar surface area (TPSA) is 67.3 Å². The summed E-state index contributed by atoms with van der Waals surface area (Å²) in [7, 11) is -3.62. The molecule has 0 aromatic carbocycles. The zero-order chi connectivity index (χ0) is 13.4. The van der Waals surface area contributed by atoms with Gasteiger partial charge in [-0.2, -0.15) is 4.31 Å². The number of rotatable bonds is 2.